The molecule has 6 rings (SSSR count). The molecule has 2 N–H and O–H groups in total. The Morgan fingerprint density at radius 2 is 1.44 bits per heavy atom. The summed E-state index contributed by atoms with van der Waals surface area (Å²) in [5.74, 6) is -0.661. The molecule has 0 amide bonds. The Kier molecular flexibility index (Phi) is 5.96. The Morgan fingerprint density at radius 3 is 2.21 bits per heavy atom. The van der Waals surface area contributed by atoms with E-state index >= 15 is 0 Å². The minimum Gasteiger partial charge on any atom is -0.507 e. The fourth-order valence-electron chi connectivity index (χ4n) is 5.02. The monoisotopic (exact) mass is 536 g/mol. The zero-order valence-corrected chi connectivity index (χ0v) is 21.8. The molecular weight excluding hydrogens is 512 g/mol. The predicted octanol–water partition coefficient (Wildman–Crippen LogP) is 6.88. The summed E-state index contributed by atoms with van der Waals surface area (Å²) in [5, 5.41) is 13.4. The van der Waals surface area contributed by atoms with Gasteiger partial charge in [-0.15, -0.1) is 0 Å². The number of para-hydroxylation sites is 1. The molecule has 0 saturated heterocycles. The predicted molar refractivity (Wildman–Crippen MR) is 153 cm³/mol. The maximum atomic E-state index is 14.8. The number of aromatic amines is 1. The van der Waals surface area contributed by atoms with Gasteiger partial charge in [-0.2, -0.15) is 0 Å². The van der Waals surface area contributed by atoms with Gasteiger partial charge in [0.05, 0.1) is 22.9 Å². The zero-order valence-electron chi connectivity index (χ0n) is 21.0. The van der Waals surface area contributed by atoms with Gasteiger partial charge in [0, 0.05) is 27.1 Å². The summed E-state index contributed by atoms with van der Waals surface area (Å²) in [7, 11) is -4.35. The lowest BCUT2D eigenvalue weighted by Gasteiger charge is -2.27. The average molecular weight is 537 g/mol. The van der Waals surface area contributed by atoms with E-state index in [1.165, 1.54) is 10.4 Å². The number of hydrogen-bond acceptors (Lipinski definition) is 5. The van der Waals surface area contributed by atoms with Gasteiger partial charge in [0.15, 0.2) is 5.69 Å². The first-order valence-corrected chi connectivity index (χ1v) is 13.9. The third-order valence-electron chi connectivity index (χ3n) is 6.73. The Balaban J connectivity index is 1.76. The second-order valence-electron chi connectivity index (χ2n) is 9.01. The van der Waals surface area contributed by atoms with E-state index in [4.69, 9.17) is 4.74 Å². The lowest BCUT2D eigenvalue weighted by molar-refractivity contribution is 0.0521. The molecule has 0 aliphatic heterocycles. The lowest BCUT2D eigenvalue weighted by Crippen LogP contribution is -2.28. The van der Waals surface area contributed by atoms with Gasteiger partial charge in [-0.1, -0.05) is 78.9 Å². The number of ether oxygens (including phenoxy) is 1. The highest BCUT2D eigenvalue weighted by Crippen LogP contribution is 2.45. The quantitative estimate of drug-likeness (QED) is 0.226. The summed E-state index contributed by atoms with van der Waals surface area (Å²) in [6.45, 7) is 1.81. The summed E-state index contributed by atoms with van der Waals surface area (Å²) < 4.78 is 36.2. The van der Waals surface area contributed by atoms with Crippen LogP contribution in [0.1, 0.15) is 17.4 Å². The van der Waals surface area contributed by atoms with Gasteiger partial charge in [0.1, 0.15) is 5.75 Å². The van der Waals surface area contributed by atoms with E-state index < -0.39 is 16.0 Å². The standard InChI is InChI=1S/C31H24N2O5S/c1-2-38-31(35)29-30(24-15-7-8-16-25(24)32-29)33(26-18-19-27(34)23-14-6-5-13-22(23)26)39(36,37)28-17-9-11-20-10-3-4-12-21(20)28/h3-19,32,34H,2H2,1H3. The normalized spacial score (nSPS) is 11.7. The minimum atomic E-state index is -4.35. The number of phenolic OH excluding ortho intramolecular Hbond substituents is 1. The van der Waals surface area contributed by atoms with Crippen molar-refractivity contribution in [3.8, 4) is 5.75 Å². The van der Waals surface area contributed by atoms with Crippen LogP contribution in [0.4, 0.5) is 11.4 Å². The Hall–Kier alpha value is -4.82. The summed E-state index contributed by atoms with van der Waals surface area (Å²) in [6.07, 6.45) is 0. The Bertz CT molecular complexity index is 1990. The molecule has 7 nitrogen and oxygen atoms in total. The number of carbonyl (C=O) groups is 1. The molecule has 0 fully saturated rings. The number of H-pyrrole nitrogens is 1. The summed E-state index contributed by atoms with van der Waals surface area (Å²) in [4.78, 5) is 16.4. The second kappa shape index (κ2) is 9.49. The number of nitrogens with zero attached hydrogens (tertiary/aromatic N) is 1. The van der Waals surface area contributed by atoms with E-state index in [0.29, 0.717) is 27.1 Å². The van der Waals surface area contributed by atoms with E-state index in [0.717, 1.165) is 5.39 Å². The fourth-order valence-corrected chi connectivity index (χ4v) is 6.78. The highest BCUT2D eigenvalue weighted by molar-refractivity contribution is 7.93. The van der Waals surface area contributed by atoms with Crippen molar-refractivity contribution >= 4 is 59.8 Å². The van der Waals surface area contributed by atoms with Crippen molar-refractivity contribution in [3.63, 3.8) is 0 Å². The largest absolute Gasteiger partial charge is 0.507 e. The Morgan fingerprint density at radius 1 is 0.795 bits per heavy atom. The molecule has 0 unspecified atom stereocenters. The molecule has 0 aliphatic rings. The number of hydrogen-bond donors (Lipinski definition) is 2. The van der Waals surface area contributed by atoms with E-state index in [1.807, 2.05) is 18.2 Å². The highest BCUT2D eigenvalue weighted by Gasteiger charge is 2.35. The molecule has 1 heterocycles. The van der Waals surface area contributed by atoms with E-state index in [-0.39, 0.29) is 34.3 Å². The van der Waals surface area contributed by atoms with Crippen molar-refractivity contribution in [2.75, 3.05) is 10.9 Å². The van der Waals surface area contributed by atoms with Gasteiger partial charge in [-0.25, -0.2) is 17.5 Å². The number of fused-ring (bicyclic) bond motifs is 3. The average Bonchev–Trinajstić information content (AvgIpc) is 3.33. The second-order valence-corrected chi connectivity index (χ2v) is 10.8. The van der Waals surface area contributed by atoms with Crippen molar-refractivity contribution in [1.29, 1.82) is 0 Å². The Labute approximate surface area is 224 Å². The van der Waals surface area contributed by atoms with Crippen LogP contribution in [0.3, 0.4) is 0 Å². The van der Waals surface area contributed by atoms with Crippen LogP contribution in [0.5, 0.6) is 5.75 Å². The van der Waals surface area contributed by atoms with Crippen LogP contribution in [0.15, 0.2) is 108 Å². The molecule has 0 bridgehead atoms. The van der Waals surface area contributed by atoms with Crippen LogP contribution in [-0.4, -0.2) is 31.1 Å². The molecule has 0 atom stereocenters. The van der Waals surface area contributed by atoms with Gasteiger partial charge in [0.2, 0.25) is 0 Å². The number of esters is 1. The zero-order chi connectivity index (χ0) is 27.1. The van der Waals surface area contributed by atoms with Crippen LogP contribution in [-0.2, 0) is 14.8 Å². The maximum Gasteiger partial charge on any atom is 0.356 e. The number of sulfonamides is 1. The van der Waals surface area contributed by atoms with E-state index in [2.05, 4.69) is 4.98 Å². The molecule has 0 spiro atoms. The van der Waals surface area contributed by atoms with Crippen LogP contribution in [0.2, 0.25) is 0 Å². The number of carbonyl (C=O) groups excluding carboxylic acids is 1. The smallest absolute Gasteiger partial charge is 0.356 e. The first kappa shape index (κ1) is 24.5. The topological polar surface area (TPSA) is 99.7 Å². The SMILES string of the molecule is CCOC(=O)c1[nH]c2ccccc2c1N(c1ccc(O)c2ccccc12)S(=O)(=O)c1cccc2ccccc12. The van der Waals surface area contributed by atoms with E-state index in [1.54, 1.807) is 85.8 Å². The van der Waals surface area contributed by atoms with Crippen LogP contribution < -0.4 is 4.31 Å². The van der Waals surface area contributed by atoms with Gasteiger partial charge in [-0.3, -0.25) is 0 Å². The molecule has 6 aromatic rings. The number of benzene rings is 5. The molecule has 0 radical (unpaired) electrons. The molecule has 5 aromatic carbocycles. The minimum absolute atomic E-state index is 0.0130. The molecule has 0 saturated carbocycles. The number of anilines is 2. The number of nitrogens with one attached hydrogen (secondary N) is 1. The molecule has 1 aromatic heterocycles. The summed E-state index contributed by atoms with van der Waals surface area (Å²) in [5.41, 5.74) is 1.02. The molecule has 8 heteroatoms. The van der Waals surface area contributed by atoms with Gasteiger partial charge in [0.25, 0.3) is 10.0 Å². The molecular formula is C31H24N2O5S. The summed E-state index contributed by atoms with van der Waals surface area (Å²) >= 11 is 0. The number of aromatic hydroxyl groups is 1. The lowest BCUT2D eigenvalue weighted by atomic mass is 10.1. The summed E-state index contributed by atoms with van der Waals surface area (Å²) in [6, 6.07) is 29.5. The molecule has 0 aliphatic carbocycles. The van der Waals surface area contributed by atoms with Gasteiger partial charge < -0.3 is 14.8 Å². The van der Waals surface area contributed by atoms with Crippen LogP contribution in [0, 0.1) is 0 Å². The van der Waals surface area contributed by atoms with Gasteiger partial charge >= 0.3 is 5.97 Å². The fraction of sp³-hybridized carbons (Fsp3) is 0.0645. The highest BCUT2D eigenvalue weighted by atomic mass is 32.2. The van der Waals surface area contributed by atoms with E-state index in [9.17, 15) is 18.3 Å². The molecule has 39 heavy (non-hydrogen) atoms. The first-order valence-electron chi connectivity index (χ1n) is 12.4. The number of rotatable bonds is 6. The first-order chi connectivity index (χ1) is 18.9. The van der Waals surface area contributed by atoms with Crippen molar-refractivity contribution in [2.45, 2.75) is 11.8 Å². The van der Waals surface area contributed by atoms with Crippen LogP contribution in [0.25, 0.3) is 32.4 Å². The van der Waals surface area contributed by atoms with Crippen molar-refractivity contribution in [2.24, 2.45) is 0 Å². The number of phenols is 1. The maximum absolute atomic E-state index is 14.8. The third kappa shape index (κ3) is 3.97. The van der Waals surface area contributed by atoms with Gasteiger partial charge in [-0.05, 0) is 36.6 Å². The van der Waals surface area contributed by atoms with Crippen LogP contribution >= 0.6 is 0 Å². The third-order valence-corrected chi connectivity index (χ3v) is 8.50. The number of aromatic nitrogens is 1. The van der Waals surface area contributed by atoms with Crippen molar-refractivity contribution in [1.82, 2.24) is 4.98 Å². The van der Waals surface area contributed by atoms with Crippen molar-refractivity contribution < 1.29 is 23.1 Å². The molecule has 194 valence electrons. The van der Waals surface area contributed by atoms with Crippen molar-refractivity contribution in [3.05, 3.63) is 109 Å².